The maximum Gasteiger partial charge on any atom is 0.308 e. The standard InChI is InChI=1S/C23H26ClNO7S/c1-13(26)30-18-6-4-15-12-17-16-5-7-19(31-14(2)27)22-23(16,20(15)21(18)32-22)8-10-25(17)33(28,29)11-3-9-24/h4-7,16-17,19,22H,3,8-12H2,1-2H3/t16?,17?,19-,22-,23-/m0/s1. The zero-order valence-electron chi connectivity index (χ0n) is 18.5. The van der Waals surface area contributed by atoms with Crippen molar-refractivity contribution in [3.8, 4) is 11.5 Å². The number of rotatable bonds is 6. The Morgan fingerprint density at radius 3 is 2.73 bits per heavy atom. The predicted octanol–water partition coefficient (Wildman–Crippen LogP) is 2.32. The van der Waals surface area contributed by atoms with Crippen LogP contribution in [0.15, 0.2) is 24.3 Å². The molecule has 2 heterocycles. The molecule has 2 aliphatic carbocycles. The van der Waals surface area contributed by atoms with Gasteiger partial charge in [-0.3, -0.25) is 9.59 Å². The number of nitrogens with zero attached hydrogens (tertiary/aromatic N) is 1. The lowest BCUT2D eigenvalue weighted by Gasteiger charge is -2.56. The number of sulfonamides is 1. The molecular formula is C23H26ClNO7S. The third kappa shape index (κ3) is 3.39. The number of esters is 2. The molecule has 1 fully saturated rings. The van der Waals surface area contributed by atoms with Gasteiger partial charge in [0.05, 0.1) is 5.75 Å². The predicted molar refractivity (Wildman–Crippen MR) is 120 cm³/mol. The second kappa shape index (κ2) is 7.99. The van der Waals surface area contributed by atoms with Crippen molar-refractivity contribution in [1.82, 2.24) is 4.31 Å². The van der Waals surface area contributed by atoms with Gasteiger partial charge in [0.15, 0.2) is 17.6 Å². The molecule has 5 atom stereocenters. The average Bonchev–Trinajstić information content (AvgIpc) is 3.08. The van der Waals surface area contributed by atoms with Crippen molar-refractivity contribution >= 4 is 33.6 Å². The largest absolute Gasteiger partial charge is 0.481 e. The summed E-state index contributed by atoms with van der Waals surface area (Å²) in [5, 5.41) is 0. The molecule has 4 aliphatic rings. The molecule has 1 saturated heterocycles. The lowest BCUT2D eigenvalue weighted by atomic mass is 9.53. The maximum absolute atomic E-state index is 13.2. The summed E-state index contributed by atoms with van der Waals surface area (Å²) < 4.78 is 45.5. The molecule has 2 unspecified atom stereocenters. The Labute approximate surface area is 197 Å². The number of alkyl halides is 1. The van der Waals surface area contributed by atoms with Crippen LogP contribution in [0.2, 0.25) is 0 Å². The quantitative estimate of drug-likeness (QED) is 0.258. The summed E-state index contributed by atoms with van der Waals surface area (Å²) in [5.41, 5.74) is 1.35. The van der Waals surface area contributed by atoms with Crippen LogP contribution in [0.25, 0.3) is 0 Å². The van der Waals surface area contributed by atoms with Gasteiger partial charge in [-0.1, -0.05) is 12.1 Å². The Bertz CT molecular complexity index is 1150. The van der Waals surface area contributed by atoms with Gasteiger partial charge in [-0.25, -0.2) is 8.42 Å². The minimum Gasteiger partial charge on any atom is -0.481 e. The molecule has 33 heavy (non-hydrogen) atoms. The minimum absolute atomic E-state index is 0.00985. The molecule has 0 N–H and O–H groups in total. The van der Waals surface area contributed by atoms with Gasteiger partial charge in [-0.15, -0.1) is 11.6 Å². The first-order valence-electron chi connectivity index (χ1n) is 11.1. The van der Waals surface area contributed by atoms with Crippen LogP contribution in [0.3, 0.4) is 0 Å². The third-order valence-electron chi connectivity index (χ3n) is 7.24. The van der Waals surface area contributed by atoms with Gasteiger partial charge < -0.3 is 14.2 Å². The zero-order valence-corrected chi connectivity index (χ0v) is 20.0. The number of carbonyl (C=O) groups excluding carboxylic acids is 2. The molecule has 178 valence electrons. The summed E-state index contributed by atoms with van der Waals surface area (Å²) in [5.74, 6) is 0.0910. The van der Waals surface area contributed by atoms with E-state index in [9.17, 15) is 18.0 Å². The second-order valence-corrected chi connectivity index (χ2v) is 11.5. The highest BCUT2D eigenvalue weighted by Crippen LogP contribution is 2.63. The molecule has 2 aliphatic heterocycles. The van der Waals surface area contributed by atoms with Gasteiger partial charge in [0.2, 0.25) is 10.0 Å². The highest BCUT2D eigenvalue weighted by atomic mass is 35.5. The lowest BCUT2D eigenvalue weighted by molar-refractivity contribution is -0.151. The van der Waals surface area contributed by atoms with E-state index < -0.39 is 39.6 Å². The number of piperidine rings is 1. The van der Waals surface area contributed by atoms with Crippen LogP contribution in [0.4, 0.5) is 0 Å². The molecule has 1 spiro atoms. The smallest absolute Gasteiger partial charge is 0.308 e. The van der Waals surface area contributed by atoms with Crippen molar-refractivity contribution in [2.75, 3.05) is 18.2 Å². The fourth-order valence-corrected chi connectivity index (χ4v) is 8.25. The number of halogens is 1. The van der Waals surface area contributed by atoms with E-state index in [1.807, 2.05) is 12.1 Å². The third-order valence-corrected chi connectivity index (χ3v) is 9.48. The maximum atomic E-state index is 13.2. The van der Waals surface area contributed by atoms with E-state index in [4.69, 9.17) is 25.8 Å². The number of ether oxygens (including phenoxy) is 3. The minimum atomic E-state index is -3.49. The molecule has 0 amide bonds. The van der Waals surface area contributed by atoms with E-state index in [1.165, 1.54) is 13.8 Å². The molecule has 0 radical (unpaired) electrons. The van der Waals surface area contributed by atoms with Gasteiger partial charge in [0.25, 0.3) is 0 Å². The van der Waals surface area contributed by atoms with E-state index in [0.29, 0.717) is 37.3 Å². The van der Waals surface area contributed by atoms with E-state index in [-0.39, 0.29) is 23.6 Å². The Balaban J connectivity index is 1.65. The summed E-state index contributed by atoms with van der Waals surface area (Å²) in [6.07, 6.45) is 4.06. The van der Waals surface area contributed by atoms with E-state index in [2.05, 4.69) is 0 Å². The zero-order chi connectivity index (χ0) is 23.5. The van der Waals surface area contributed by atoms with Crippen LogP contribution in [-0.4, -0.2) is 61.1 Å². The SMILES string of the molecule is CC(=O)Oc1ccc2c3c1O[C@H]1[C@@H](OC(C)=O)C=CC4C(C2)N(S(=O)(=O)CCCCl)CC[C@@]341. The van der Waals surface area contributed by atoms with Crippen LogP contribution in [-0.2, 0) is 36.2 Å². The number of carbonyl (C=O) groups is 2. The Morgan fingerprint density at radius 1 is 1.24 bits per heavy atom. The molecule has 1 aromatic carbocycles. The Hall–Kier alpha value is -2.10. The van der Waals surface area contributed by atoms with E-state index in [0.717, 1.165) is 11.1 Å². The molecule has 1 aromatic rings. The topological polar surface area (TPSA) is 99.2 Å². The summed E-state index contributed by atoms with van der Waals surface area (Å²) in [6, 6.07) is 3.31. The van der Waals surface area contributed by atoms with Gasteiger partial charge in [0, 0.05) is 49.2 Å². The molecular weight excluding hydrogens is 470 g/mol. The van der Waals surface area contributed by atoms with Gasteiger partial charge in [-0.2, -0.15) is 4.31 Å². The van der Waals surface area contributed by atoms with Crippen LogP contribution in [0.1, 0.15) is 37.8 Å². The fourth-order valence-electron chi connectivity index (χ4n) is 6.22. The molecule has 0 saturated carbocycles. The van der Waals surface area contributed by atoms with E-state index >= 15 is 0 Å². The highest BCUT2D eigenvalue weighted by molar-refractivity contribution is 7.89. The van der Waals surface area contributed by atoms with Gasteiger partial charge in [-0.05, 0) is 37.0 Å². The van der Waals surface area contributed by atoms with Crippen molar-refractivity contribution in [2.24, 2.45) is 5.92 Å². The molecule has 0 aromatic heterocycles. The molecule has 10 heteroatoms. The molecule has 5 rings (SSSR count). The van der Waals surface area contributed by atoms with Crippen molar-refractivity contribution in [3.05, 3.63) is 35.4 Å². The van der Waals surface area contributed by atoms with E-state index in [1.54, 1.807) is 16.4 Å². The first kappa shape index (κ1) is 22.7. The highest BCUT2D eigenvalue weighted by Gasteiger charge is 2.66. The van der Waals surface area contributed by atoms with Crippen molar-refractivity contribution in [3.63, 3.8) is 0 Å². The first-order chi connectivity index (χ1) is 15.7. The summed E-state index contributed by atoms with van der Waals surface area (Å²) in [4.78, 5) is 23.5. The van der Waals surface area contributed by atoms with Gasteiger partial charge >= 0.3 is 11.9 Å². The number of benzene rings is 1. The monoisotopic (exact) mass is 495 g/mol. The second-order valence-electron chi connectivity index (χ2n) is 9.07. The lowest BCUT2D eigenvalue weighted by Crippen LogP contribution is -2.66. The van der Waals surface area contributed by atoms with Crippen LogP contribution in [0.5, 0.6) is 11.5 Å². The number of hydrogen-bond donors (Lipinski definition) is 0. The van der Waals surface area contributed by atoms with Gasteiger partial charge in [0.1, 0.15) is 6.10 Å². The molecule has 2 bridgehead atoms. The van der Waals surface area contributed by atoms with Crippen LogP contribution >= 0.6 is 11.6 Å². The number of hydrogen-bond acceptors (Lipinski definition) is 7. The Morgan fingerprint density at radius 2 is 2.03 bits per heavy atom. The average molecular weight is 496 g/mol. The van der Waals surface area contributed by atoms with Crippen molar-refractivity contribution < 1.29 is 32.2 Å². The van der Waals surface area contributed by atoms with Crippen molar-refractivity contribution in [1.29, 1.82) is 0 Å². The summed E-state index contributed by atoms with van der Waals surface area (Å²) >= 11 is 5.77. The summed E-state index contributed by atoms with van der Waals surface area (Å²) in [7, 11) is -3.49. The first-order valence-corrected chi connectivity index (χ1v) is 13.3. The molecule has 8 nitrogen and oxygen atoms in total. The fraction of sp³-hybridized carbons (Fsp3) is 0.565. The van der Waals surface area contributed by atoms with Crippen LogP contribution in [0, 0.1) is 5.92 Å². The van der Waals surface area contributed by atoms with Crippen LogP contribution < -0.4 is 9.47 Å². The van der Waals surface area contributed by atoms with Crippen molar-refractivity contribution in [2.45, 2.75) is 56.8 Å². The summed E-state index contributed by atoms with van der Waals surface area (Å²) in [6.45, 7) is 3.02. The Kier molecular flexibility index (Phi) is 5.49. The normalized spacial score (nSPS) is 31.5.